The Hall–Kier alpha value is -2.11. The van der Waals surface area contributed by atoms with Crippen molar-refractivity contribution in [2.45, 2.75) is 6.36 Å². The van der Waals surface area contributed by atoms with Gasteiger partial charge < -0.3 is 4.74 Å². The van der Waals surface area contributed by atoms with Crippen molar-refractivity contribution < 1.29 is 17.9 Å². The Morgan fingerprint density at radius 1 is 1.00 bits per heavy atom. The molecule has 2 rings (SSSR count). The fourth-order valence-electron chi connectivity index (χ4n) is 1.29. The molecule has 6 heteroatoms. The van der Waals surface area contributed by atoms with Crippen molar-refractivity contribution in [1.29, 1.82) is 0 Å². The van der Waals surface area contributed by atoms with E-state index in [4.69, 9.17) is 0 Å². The molecule has 1 heterocycles. The zero-order chi connectivity index (χ0) is 12.3. The summed E-state index contributed by atoms with van der Waals surface area (Å²) in [5.41, 5.74) is 1.33. The molecule has 0 unspecified atom stereocenters. The van der Waals surface area contributed by atoms with Crippen molar-refractivity contribution in [2.24, 2.45) is 0 Å². The first kappa shape index (κ1) is 11.4. The lowest BCUT2D eigenvalue weighted by molar-refractivity contribution is -0.274. The van der Waals surface area contributed by atoms with Crippen molar-refractivity contribution in [3.05, 3.63) is 42.9 Å². The molecule has 0 saturated carbocycles. The highest BCUT2D eigenvalue weighted by molar-refractivity contribution is 5.59. The van der Waals surface area contributed by atoms with Crippen LogP contribution in [0.25, 0.3) is 11.3 Å². The predicted molar refractivity (Wildman–Crippen MR) is 54.2 cm³/mol. The first-order valence-corrected chi connectivity index (χ1v) is 4.67. The number of benzene rings is 1. The second kappa shape index (κ2) is 4.40. The molecule has 0 saturated heterocycles. The van der Waals surface area contributed by atoms with Gasteiger partial charge in [0.05, 0.1) is 5.69 Å². The van der Waals surface area contributed by atoms with E-state index in [1.807, 2.05) is 0 Å². The molecular formula is C11H7F3N2O. The number of rotatable bonds is 2. The third-order valence-electron chi connectivity index (χ3n) is 1.97. The molecular weight excluding hydrogens is 233 g/mol. The second-order valence-electron chi connectivity index (χ2n) is 3.17. The van der Waals surface area contributed by atoms with Crippen LogP contribution < -0.4 is 4.74 Å². The molecule has 0 aliphatic rings. The van der Waals surface area contributed by atoms with Crippen LogP contribution in [0.3, 0.4) is 0 Å². The maximum absolute atomic E-state index is 11.9. The molecule has 0 spiro atoms. The number of alkyl halides is 3. The van der Waals surface area contributed by atoms with Crippen LogP contribution in [-0.2, 0) is 0 Å². The molecule has 0 N–H and O–H groups in total. The number of ether oxygens (including phenoxy) is 1. The molecule has 0 bridgehead atoms. The van der Waals surface area contributed by atoms with Gasteiger partial charge in [0, 0.05) is 11.8 Å². The van der Waals surface area contributed by atoms with E-state index >= 15 is 0 Å². The molecule has 0 fully saturated rings. The lowest BCUT2D eigenvalue weighted by Crippen LogP contribution is -2.16. The van der Waals surface area contributed by atoms with E-state index in [0.29, 0.717) is 11.3 Å². The predicted octanol–water partition coefficient (Wildman–Crippen LogP) is 3.04. The lowest BCUT2D eigenvalue weighted by Gasteiger charge is -2.08. The first-order valence-electron chi connectivity index (χ1n) is 4.67. The van der Waals surface area contributed by atoms with Crippen molar-refractivity contribution >= 4 is 0 Å². The third kappa shape index (κ3) is 3.17. The van der Waals surface area contributed by atoms with Gasteiger partial charge in [0.25, 0.3) is 0 Å². The zero-order valence-electron chi connectivity index (χ0n) is 8.48. The highest BCUT2D eigenvalue weighted by atomic mass is 19.4. The Balaban J connectivity index is 2.19. The normalized spacial score (nSPS) is 11.2. The van der Waals surface area contributed by atoms with Crippen molar-refractivity contribution in [3.8, 4) is 17.0 Å². The first-order chi connectivity index (χ1) is 8.04. The molecule has 3 nitrogen and oxygen atoms in total. The van der Waals surface area contributed by atoms with E-state index in [1.54, 1.807) is 12.3 Å². The van der Waals surface area contributed by atoms with Gasteiger partial charge in [0.15, 0.2) is 0 Å². The van der Waals surface area contributed by atoms with E-state index in [2.05, 4.69) is 14.7 Å². The summed E-state index contributed by atoms with van der Waals surface area (Å²) >= 11 is 0. The minimum absolute atomic E-state index is 0.254. The van der Waals surface area contributed by atoms with Crippen molar-refractivity contribution in [3.63, 3.8) is 0 Å². The molecule has 0 amide bonds. The average molecular weight is 240 g/mol. The number of nitrogens with zero attached hydrogens (tertiary/aromatic N) is 2. The van der Waals surface area contributed by atoms with E-state index in [-0.39, 0.29) is 5.75 Å². The van der Waals surface area contributed by atoms with Gasteiger partial charge in [0.2, 0.25) is 0 Å². The second-order valence-corrected chi connectivity index (χ2v) is 3.17. The summed E-state index contributed by atoms with van der Waals surface area (Å²) in [6, 6.07) is 7.16. The fraction of sp³-hybridized carbons (Fsp3) is 0.0909. The standard InChI is InChI=1S/C11H7F3N2O/c12-11(13,14)17-9-3-1-8(2-4-9)10-5-6-15-7-16-10/h1-7H. The SMILES string of the molecule is FC(F)(F)Oc1ccc(-c2ccncn2)cc1. The van der Waals surface area contributed by atoms with Gasteiger partial charge >= 0.3 is 6.36 Å². The summed E-state index contributed by atoms with van der Waals surface area (Å²) < 4.78 is 39.5. The Morgan fingerprint density at radius 3 is 2.24 bits per heavy atom. The molecule has 2 aromatic rings. The van der Waals surface area contributed by atoms with Crippen molar-refractivity contribution in [2.75, 3.05) is 0 Å². The van der Waals surface area contributed by atoms with Gasteiger partial charge in [-0.15, -0.1) is 13.2 Å². The Morgan fingerprint density at radius 2 is 1.71 bits per heavy atom. The molecule has 0 atom stereocenters. The Kier molecular flexibility index (Phi) is 2.95. The smallest absolute Gasteiger partial charge is 0.406 e. The minimum Gasteiger partial charge on any atom is -0.406 e. The van der Waals surface area contributed by atoms with Crippen LogP contribution in [0, 0.1) is 0 Å². The van der Waals surface area contributed by atoms with Crippen LogP contribution in [0.5, 0.6) is 5.75 Å². The van der Waals surface area contributed by atoms with Gasteiger partial charge in [-0.2, -0.15) is 0 Å². The summed E-state index contributed by atoms with van der Waals surface area (Å²) in [4.78, 5) is 7.73. The molecule has 88 valence electrons. The molecule has 1 aromatic carbocycles. The van der Waals surface area contributed by atoms with Gasteiger partial charge in [-0.3, -0.25) is 0 Å². The highest BCUT2D eigenvalue weighted by Gasteiger charge is 2.30. The van der Waals surface area contributed by atoms with E-state index in [1.165, 1.54) is 30.6 Å². The molecule has 0 radical (unpaired) electrons. The summed E-state index contributed by atoms with van der Waals surface area (Å²) in [5, 5.41) is 0. The molecule has 17 heavy (non-hydrogen) atoms. The van der Waals surface area contributed by atoms with Crippen LogP contribution in [0.1, 0.15) is 0 Å². The van der Waals surface area contributed by atoms with Gasteiger partial charge in [-0.25, -0.2) is 9.97 Å². The maximum Gasteiger partial charge on any atom is 0.573 e. The van der Waals surface area contributed by atoms with E-state index in [0.717, 1.165) is 0 Å². The Labute approximate surface area is 94.9 Å². The molecule has 0 aliphatic heterocycles. The number of hydrogen-bond acceptors (Lipinski definition) is 3. The van der Waals surface area contributed by atoms with Gasteiger partial charge in [0.1, 0.15) is 12.1 Å². The number of halogens is 3. The minimum atomic E-state index is -4.67. The lowest BCUT2D eigenvalue weighted by atomic mass is 10.1. The number of aromatic nitrogens is 2. The Bertz CT molecular complexity index is 482. The average Bonchev–Trinajstić information content (AvgIpc) is 2.29. The van der Waals surface area contributed by atoms with Crippen LogP contribution in [0.4, 0.5) is 13.2 Å². The zero-order valence-corrected chi connectivity index (χ0v) is 8.48. The number of hydrogen-bond donors (Lipinski definition) is 0. The topological polar surface area (TPSA) is 35.0 Å². The summed E-state index contributed by atoms with van der Waals surface area (Å²) in [5.74, 6) is -0.254. The van der Waals surface area contributed by atoms with Gasteiger partial charge in [-0.1, -0.05) is 0 Å². The fourth-order valence-corrected chi connectivity index (χ4v) is 1.29. The highest BCUT2D eigenvalue weighted by Crippen LogP contribution is 2.25. The maximum atomic E-state index is 11.9. The monoisotopic (exact) mass is 240 g/mol. The van der Waals surface area contributed by atoms with Crippen molar-refractivity contribution in [1.82, 2.24) is 9.97 Å². The van der Waals surface area contributed by atoms with Crippen LogP contribution in [0.15, 0.2) is 42.9 Å². The summed E-state index contributed by atoms with van der Waals surface area (Å²) in [6.07, 6.45) is -1.74. The van der Waals surface area contributed by atoms with E-state index in [9.17, 15) is 13.2 Å². The quantitative estimate of drug-likeness (QED) is 0.809. The largest absolute Gasteiger partial charge is 0.573 e. The van der Waals surface area contributed by atoms with E-state index < -0.39 is 6.36 Å². The third-order valence-corrected chi connectivity index (χ3v) is 1.97. The van der Waals surface area contributed by atoms with Crippen LogP contribution >= 0.6 is 0 Å². The summed E-state index contributed by atoms with van der Waals surface area (Å²) in [7, 11) is 0. The summed E-state index contributed by atoms with van der Waals surface area (Å²) in [6.45, 7) is 0. The van der Waals surface area contributed by atoms with Gasteiger partial charge in [-0.05, 0) is 30.3 Å². The van der Waals surface area contributed by atoms with Crippen LogP contribution in [-0.4, -0.2) is 16.3 Å². The molecule has 0 aliphatic carbocycles. The molecule has 1 aromatic heterocycles. The van der Waals surface area contributed by atoms with Crippen LogP contribution in [0.2, 0.25) is 0 Å².